The molecule has 0 unspecified atom stereocenters. The van der Waals surface area contributed by atoms with Crippen molar-refractivity contribution in [2.24, 2.45) is 0 Å². The Bertz CT molecular complexity index is 560. The minimum Gasteiger partial charge on any atom is -0.496 e. The highest BCUT2D eigenvalue weighted by Gasteiger charge is 2.19. The number of nitrogens with one attached hydrogen (secondary N) is 1. The number of aromatic nitrogens is 2. The third kappa shape index (κ3) is 3.70. The predicted molar refractivity (Wildman–Crippen MR) is 83.8 cm³/mol. The fourth-order valence-electron chi connectivity index (χ4n) is 1.81. The van der Waals surface area contributed by atoms with E-state index in [1.54, 1.807) is 7.11 Å². The van der Waals surface area contributed by atoms with Gasteiger partial charge >= 0.3 is 0 Å². The normalized spacial score (nSPS) is 11.4. The molecule has 1 aromatic carbocycles. The van der Waals surface area contributed by atoms with Crippen molar-refractivity contribution >= 4 is 16.7 Å². The van der Waals surface area contributed by atoms with Crippen LogP contribution in [0.2, 0.25) is 0 Å². The lowest BCUT2D eigenvalue weighted by Gasteiger charge is -2.12. The fraction of sp³-hybridized carbons (Fsp3) is 0.467. The lowest BCUT2D eigenvalue weighted by atomic mass is 9.96. The van der Waals surface area contributed by atoms with Crippen LogP contribution in [0.5, 0.6) is 5.75 Å². The van der Waals surface area contributed by atoms with Crippen LogP contribution in [0.25, 0.3) is 0 Å². The molecule has 0 aliphatic rings. The Balaban J connectivity index is 1.91. The molecule has 0 saturated carbocycles. The van der Waals surface area contributed by atoms with Crippen LogP contribution in [0.4, 0.5) is 5.13 Å². The van der Waals surface area contributed by atoms with Gasteiger partial charge in [-0.3, -0.25) is 0 Å². The molecule has 1 N–H and O–H groups in total. The van der Waals surface area contributed by atoms with E-state index in [9.17, 15) is 0 Å². The maximum atomic E-state index is 5.34. The van der Waals surface area contributed by atoms with Crippen molar-refractivity contribution < 1.29 is 4.74 Å². The van der Waals surface area contributed by atoms with Gasteiger partial charge in [-0.2, -0.15) is 4.37 Å². The second-order valence-corrected chi connectivity index (χ2v) is 6.41. The molecule has 0 saturated heterocycles. The summed E-state index contributed by atoms with van der Waals surface area (Å²) in [5.41, 5.74) is 1.20. The zero-order chi connectivity index (χ0) is 14.6. The van der Waals surface area contributed by atoms with Crippen LogP contribution in [0.1, 0.15) is 32.2 Å². The molecule has 2 rings (SSSR count). The van der Waals surface area contributed by atoms with E-state index in [-0.39, 0.29) is 5.41 Å². The van der Waals surface area contributed by atoms with Crippen LogP contribution < -0.4 is 10.1 Å². The van der Waals surface area contributed by atoms with Crippen molar-refractivity contribution in [3.8, 4) is 5.75 Å². The molecule has 0 amide bonds. The van der Waals surface area contributed by atoms with Crippen LogP contribution in [-0.2, 0) is 11.8 Å². The molecule has 0 aliphatic carbocycles. The number of ether oxygens (including phenoxy) is 1. The van der Waals surface area contributed by atoms with Crippen LogP contribution >= 0.6 is 11.5 Å². The van der Waals surface area contributed by atoms with Crippen molar-refractivity contribution in [2.75, 3.05) is 19.0 Å². The summed E-state index contributed by atoms with van der Waals surface area (Å²) in [4.78, 5) is 4.52. The largest absolute Gasteiger partial charge is 0.496 e. The SMILES string of the molecule is COc1ccccc1CCNc1nc(C(C)(C)C)ns1. The van der Waals surface area contributed by atoms with Gasteiger partial charge < -0.3 is 10.1 Å². The first-order valence-corrected chi connectivity index (χ1v) is 7.48. The smallest absolute Gasteiger partial charge is 0.202 e. The summed E-state index contributed by atoms with van der Waals surface area (Å²) in [5.74, 6) is 1.82. The van der Waals surface area contributed by atoms with E-state index in [4.69, 9.17) is 4.74 Å². The Kier molecular flexibility index (Phi) is 4.60. The van der Waals surface area contributed by atoms with E-state index in [1.807, 2.05) is 18.2 Å². The molecule has 0 spiro atoms. The number of para-hydroxylation sites is 1. The molecule has 5 heteroatoms. The van der Waals surface area contributed by atoms with Crippen molar-refractivity contribution in [3.05, 3.63) is 35.7 Å². The summed E-state index contributed by atoms with van der Waals surface area (Å²) in [7, 11) is 1.70. The number of nitrogens with zero attached hydrogens (tertiary/aromatic N) is 2. The maximum Gasteiger partial charge on any atom is 0.202 e. The van der Waals surface area contributed by atoms with E-state index in [0.29, 0.717) is 0 Å². The van der Waals surface area contributed by atoms with Gasteiger partial charge in [-0.15, -0.1) is 0 Å². The Hall–Kier alpha value is -1.62. The van der Waals surface area contributed by atoms with Gasteiger partial charge in [0.05, 0.1) is 7.11 Å². The van der Waals surface area contributed by atoms with Crippen LogP contribution in [0.15, 0.2) is 24.3 Å². The molecule has 1 aromatic heterocycles. The average Bonchev–Trinajstić information content (AvgIpc) is 2.88. The molecular weight excluding hydrogens is 270 g/mol. The van der Waals surface area contributed by atoms with Gasteiger partial charge in [0.1, 0.15) is 11.6 Å². The summed E-state index contributed by atoms with van der Waals surface area (Å²) in [5, 5.41) is 4.21. The monoisotopic (exact) mass is 291 g/mol. The Morgan fingerprint density at radius 2 is 2.00 bits per heavy atom. The molecule has 2 aromatic rings. The van der Waals surface area contributed by atoms with E-state index in [1.165, 1.54) is 17.1 Å². The highest BCUT2D eigenvalue weighted by molar-refractivity contribution is 7.09. The van der Waals surface area contributed by atoms with Gasteiger partial charge in [0.15, 0.2) is 0 Å². The van der Waals surface area contributed by atoms with Gasteiger partial charge in [-0.1, -0.05) is 39.0 Å². The number of rotatable bonds is 5. The van der Waals surface area contributed by atoms with Crippen LogP contribution in [-0.4, -0.2) is 23.0 Å². The minimum atomic E-state index is -0.000912. The Morgan fingerprint density at radius 1 is 1.25 bits per heavy atom. The van der Waals surface area contributed by atoms with Gasteiger partial charge in [0.2, 0.25) is 5.13 Å². The zero-order valence-electron chi connectivity index (χ0n) is 12.4. The zero-order valence-corrected chi connectivity index (χ0v) is 13.3. The lowest BCUT2D eigenvalue weighted by molar-refractivity contribution is 0.410. The maximum absolute atomic E-state index is 5.34. The van der Waals surface area contributed by atoms with E-state index >= 15 is 0 Å². The molecule has 1 heterocycles. The molecule has 0 atom stereocenters. The van der Waals surface area contributed by atoms with Gasteiger partial charge in [-0.05, 0) is 18.1 Å². The first-order chi connectivity index (χ1) is 9.50. The van der Waals surface area contributed by atoms with Crippen LogP contribution in [0, 0.1) is 0 Å². The Labute approximate surface area is 124 Å². The van der Waals surface area contributed by atoms with Crippen molar-refractivity contribution in [1.82, 2.24) is 9.36 Å². The predicted octanol–water partition coefficient (Wildman–Crippen LogP) is 3.50. The van der Waals surface area contributed by atoms with Crippen molar-refractivity contribution in [1.29, 1.82) is 0 Å². The van der Waals surface area contributed by atoms with Gasteiger partial charge in [-0.25, -0.2) is 4.98 Å². The average molecular weight is 291 g/mol. The summed E-state index contributed by atoms with van der Waals surface area (Å²) < 4.78 is 9.73. The van der Waals surface area contributed by atoms with Crippen molar-refractivity contribution in [3.63, 3.8) is 0 Å². The molecule has 0 aliphatic heterocycles. The number of hydrogen-bond acceptors (Lipinski definition) is 5. The van der Waals surface area contributed by atoms with Gasteiger partial charge in [0, 0.05) is 23.5 Å². The number of hydrogen-bond donors (Lipinski definition) is 1. The third-order valence-corrected chi connectivity index (χ3v) is 3.63. The number of anilines is 1. The fourth-order valence-corrected chi connectivity index (χ4v) is 2.60. The van der Waals surface area contributed by atoms with E-state index < -0.39 is 0 Å². The molecule has 0 radical (unpaired) electrons. The third-order valence-electron chi connectivity index (χ3n) is 2.96. The molecule has 108 valence electrons. The van der Waals surface area contributed by atoms with E-state index in [0.717, 1.165) is 29.7 Å². The topological polar surface area (TPSA) is 47.0 Å². The summed E-state index contributed by atoms with van der Waals surface area (Å²) in [6.07, 6.45) is 0.897. The molecule has 0 fully saturated rings. The second-order valence-electron chi connectivity index (χ2n) is 5.66. The summed E-state index contributed by atoms with van der Waals surface area (Å²) in [6, 6.07) is 8.08. The lowest BCUT2D eigenvalue weighted by Crippen LogP contribution is -2.13. The molecule has 4 nitrogen and oxygen atoms in total. The quantitative estimate of drug-likeness (QED) is 0.916. The van der Waals surface area contributed by atoms with E-state index in [2.05, 4.69) is 41.5 Å². The van der Waals surface area contributed by atoms with Gasteiger partial charge in [0.25, 0.3) is 0 Å². The summed E-state index contributed by atoms with van der Waals surface area (Å²) >= 11 is 1.42. The molecule has 0 bridgehead atoms. The second kappa shape index (κ2) is 6.22. The summed E-state index contributed by atoms with van der Waals surface area (Å²) in [6.45, 7) is 7.17. The minimum absolute atomic E-state index is 0.000912. The molecule has 20 heavy (non-hydrogen) atoms. The van der Waals surface area contributed by atoms with Crippen LogP contribution in [0.3, 0.4) is 0 Å². The first kappa shape index (κ1) is 14.8. The number of benzene rings is 1. The number of methoxy groups -OCH3 is 1. The van der Waals surface area contributed by atoms with Crippen molar-refractivity contribution in [2.45, 2.75) is 32.6 Å². The standard InChI is InChI=1S/C15H21N3OS/c1-15(2,3)13-17-14(20-18-13)16-10-9-11-7-5-6-8-12(11)19-4/h5-8H,9-10H2,1-4H3,(H,16,17,18). The highest BCUT2D eigenvalue weighted by atomic mass is 32.1. The first-order valence-electron chi connectivity index (χ1n) is 6.70. The molecular formula is C15H21N3OS. The Morgan fingerprint density at radius 3 is 2.65 bits per heavy atom. The highest BCUT2D eigenvalue weighted by Crippen LogP contribution is 2.23.